The van der Waals surface area contributed by atoms with Crippen LogP contribution < -0.4 is 5.32 Å². The number of alkyl halides is 1. The molecule has 0 unspecified atom stereocenters. The molecule has 1 N–H and O–H groups in total. The molecular formula is C14H18INO. The van der Waals surface area contributed by atoms with E-state index in [-0.39, 0.29) is 5.91 Å². The van der Waals surface area contributed by atoms with Crippen LogP contribution in [0.2, 0.25) is 0 Å². The highest BCUT2D eigenvalue weighted by Crippen LogP contribution is 2.11. The molecule has 0 aliphatic carbocycles. The standard InChI is InChI=1S/C14H18INO/c1-12(17)16-14-9-7-13(8-10-14)6-4-2-3-5-11-15/h2-3,7-10H,4-6,11H2,1H3,(H,16,17). The maximum atomic E-state index is 10.8. The number of carbonyl (C=O) groups excluding carboxylic acids is 1. The molecule has 1 amide bonds. The van der Waals surface area contributed by atoms with E-state index in [4.69, 9.17) is 0 Å². The van der Waals surface area contributed by atoms with Gasteiger partial charge in [-0.1, -0.05) is 46.9 Å². The second-order valence-electron chi connectivity index (χ2n) is 3.87. The Morgan fingerprint density at radius 1 is 1.24 bits per heavy atom. The van der Waals surface area contributed by atoms with Gasteiger partial charge in [0.25, 0.3) is 0 Å². The van der Waals surface area contributed by atoms with Crippen molar-refractivity contribution in [2.45, 2.75) is 26.2 Å². The molecule has 0 bridgehead atoms. The average molecular weight is 343 g/mol. The monoisotopic (exact) mass is 343 g/mol. The Bertz CT molecular complexity index is 370. The van der Waals surface area contributed by atoms with Crippen LogP contribution in [0.4, 0.5) is 5.69 Å². The number of benzene rings is 1. The van der Waals surface area contributed by atoms with E-state index in [1.54, 1.807) is 0 Å². The van der Waals surface area contributed by atoms with E-state index in [1.807, 2.05) is 12.1 Å². The van der Waals surface area contributed by atoms with E-state index in [0.717, 1.165) is 24.9 Å². The van der Waals surface area contributed by atoms with Crippen LogP contribution in [0, 0.1) is 0 Å². The minimum absolute atomic E-state index is 0.0283. The van der Waals surface area contributed by atoms with Gasteiger partial charge in [-0.2, -0.15) is 0 Å². The minimum Gasteiger partial charge on any atom is -0.326 e. The van der Waals surface area contributed by atoms with Gasteiger partial charge in [0.05, 0.1) is 0 Å². The molecule has 17 heavy (non-hydrogen) atoms. The van der Waals surface area contributed by atoms with Gasteiger partial charge >= 0.3 is 0 Å². The molecule has 1 aromatic rings. The summed E-state index contributed by atoms with van der Waals surface area (Å²) in [6.45, 7) is 1.52. The first-order chi connectivity index (χ1) is 8.22. The quantitative estimate of drug-likeness (QED) is 0.473. The largest absolute Gasteiger partial charge is 0.326 e. The lowest BCUT2D eigenvalue weighted by Crippen LogP contribution is -2.05. The number of aryl methyl sites for hydroxylation is 1. The minimum atomic E-state index is -0.0283. The van der Waals surface area contributed by atoms with Crippen LogP contribution in [0.15, 0.2) is 36.4 Å². The van der Waals surface area contributed by atoms with Crippen molar-refractivity contribution in [1.29, 1.82) is 0 Å². The smallest absolute Gasteiger partial charge is 0.221 e. The molecule has 0 heterocycles. The van der Waals surface area contributed by atoms with Crippen LogP contribution in [-0.4, -0.2) is 10.3 Å². The summed E-state index contributed by atoms with van der Waals surface area (Å²) in [5.41, 5.74) is 2.17. The van der Waals surface area contributed by atoms with Crippen LogP contribution >= 0.6 is 22.6 Å². The van der Waals surface area contributed by atoms with Gasteiger partial charge in [-0.05, 0) is 37.0 Å². The Labute approximate surface area is 117 Å². The zero-order chi connectivity index (χ0) is 12.5. The van der Waals surface area contributed by atoms with Gasteiger partial charge in [-0.15, -0.1) is 0 Å². The van der Waals surface area contributed by atoms with E-state index in [1.165, 1.54) is 16.9 Å². The number of anilines is 1. The van der Waals surface area contributed by atoms with E-state index >= 15 is 0 Å². The van der Waals surface area contributed by atoms with Crippen LogP contribution in [0.25, 0.3) is 0 Å². The highest BCUT2D eigenvalue weighted by atomic mass is 127. The van der Waals surface area contributed by atoms with Crippen LogP contribution in [0.1, 0.15) is 25.3 Å². The maximum Gasteiger partial charge on any atom is 0.221 e. The van der Waals surface area contributed by atoms with Gasteiger partial charge in [0.2, 0.25) is 5.91 Å². The predicted molar refractivity (Wildman–Crippen MR) is 81.7 cm³/mol. The summed E-state index contributed by atoms with van der Waals surface area (Å²) in [4.78, 5) is 10.8. The molecule has 1 aromatic carbocycles. The zero-order valence-corrected chi connectivity index (χ0v) is 12.2. The van der Waals surface area contributed by atoms with Gasteiger partial charge in [0, 0.05) is 17.0 Å². The number of amides is 1. The topological polar surface area (TPSA) is 29.1 Å². The summed E-state index contributed by atoms with van der Waals surface area (Å²) >= 11 is 2.38. The average Bonchev–Trinajstić information content (AvgIpc) is 2.30. The van der Waals surface area contributed by atoms with Gasteiger partial charge in [0.1, 0.15) is 0 Å². The number of halogens is 1. The van der Waals surface area contributed by atoms with Gasteiger partial charge in [-0.3, -0.25) is 4.79 Å². The van der Waals surface area contributed by atoms with Crippen molar-refractivity contribution in [3.8, 4) is 0 Å². The van der Waals surface area contributed by atoms with E-state index in [9.17, 15) is 4.79 Å². The first kappa shape index (κ1) is 14.2. The Morgan fingerprint density at radius 3 is 2.47 bits per heavy atom. The first-order valence-electron chi connectivity index (χ1n) is 5.80. The summed E-state index contributed by atoms with van der Waals surface area (Å²) < 4.78 is 1.18. The number of allylic oxidation sites excluding steroid dienone is 2. The van der Waals surface area contributed by atoms with Crippen LogP contribution in [0.3, 0.4) is 0 Å². The molecule has 0 atom stereocenters. The third-order valence-electron chi connectivity index (χ3n) is 2.32. The van der Waals surface area contributed by atoms with Crippen molar-refractivity contribution in [1.82, 2.24) is 0 Å². The lowest BCUT2D eigenvalue weighted by atomic mass is 10.1. The number of hydrogen-bond acceptors (Lipinski definition) is 1. The van der Waals surface area contributed by atoms with Gasteiger partial charge < -0.3 is 5.32 Å². The molecule has 0 radical (unpaired) electrons. The molecule has 0 aliphatic rings. The van der Waals surface area contributed by atoms with E-state index in [2.05, 4.69) is 52.2 Å². The van der Waals surface area contributed by atoms with Crippen molar-refractivity contribution >= 4 is 34.2 Å². The molecule has 0 saturated heterocycles. The Morgan fingerprint density at radius 2 is 1.88 bits per heavy atom. The van der Waals surface area contributed by atoms with Gasteiger partial charge in [0.15, 0.2) is 0 Å². The van der Waals surface area contributed by atoms with Crippen molar-refractivity contribution in [2.75, 3.05) is 9.74 Å². The Kier molecular flexibility index (Phi) is 6.93. The van der Waals surface area contributed by atoms with Crippen LogP contribution in [-0.2, 0) is 11.2 Å². The molecule has 0 aromatic heterocycles. The maximum absolute atomic E-state index is 10.8. The predicted octanol–water partition coefficient (Wildman–Crippen LogP) is 3.96. The summed E-state index contributed by atoms with van der Waals surface area (Å²) in [7, 11) is 0. The normalized spacial score (nSPS) is 10.7. The fourth-order valence-electron chi connectivity index (χ4n) is 1.51. The second kappa shape index (κ2) is 8.28. The van der Waals surface area contributed by atoms with Crippen molar-refractivity contribution in [3.05, 3.63) is 42.0 Å². The highest BCUT2D eigenvalue weighted by molar-refractivity contribution is 14.1. The third kappa shape index (κ3) is 6.46. The van der Waals surface area contributed by atoms with Crippen molar-refractivity contribution < 1.29 is 4.79 Å². The summed E-state index contributed by atoms with van der Waals surface area (Å²) in [6.07, 6.45) is 7.76. The lowest BCUT2D eigenvalue weighted by Gasteiger charge is -2.03. The molecule has 0 fully saturated rings. The highest BCUT2D eigenvalue weighted by Gasteiger charge is 1.95. The summed E-state index contributed by atoms with van der Waals surface area (Å²) in [6, 6.07) is 8.03. The first-order valence-corrected chi connectivity index (χ1v) is 7.32. The van der Waals surface area contributed by atoms with Gasteiger partial charge in [-0.25, -0.2) is 0 Å². The molecule has 92 valence electrons. The molecular weight excluding hydrogens is 325 g/mol. The van der Waals surface area contributed by atoms with E-state index < -0.39 is 0 Å². The number of carbonyl (C=O) groups is 1. The Hall–Kier alpha value is -0.840. The zero-order valence-electron chi connectivity index (χ0n) is 10.1. The fraction of sp³-hybridized carbons (Fsp3) is 0.357. The molecule has 2 nitrogen and oxygen atoms in total. The lowest BCUT2D eigenvalue weighted by molar-refractivity contribution is -0.114. The summed E-state index contributed by atoms with van der Waals surface area (Å²) in [5.74, 6) is -0.0283. The molecule has 0 saturated carbocycles. The second-order valence-corrected chi connectivity index (χ2v) is 4.94. The summed E-state index contributed by atoms with van der Waals surface area (Å²) in [5, 5.41) is 2.76. The molecule has 0 aliphatic heterocycles. The number of hydrogen-bond donors (Lipinski definition) is 1. The molecule has 3 heteroatoms. The van der Waals surface area contributed by atoms with Crippen molar-refractivity contribution in [3.63, 3.8) is 0 Å². The number of rotatable bonds is 6. The number of nitrogens with one attached hydrogen (secondary N) is 1. The Balaban J connectivity index is 2.37. The van der Waals surface area contributed by atoms with E-state index in [0.29, 0.717) is 0 Å². The van der Waals surface area contributed by atoms with Crippen LogP contribution in [0.5, 0.6) is 0 Å². The molecule has 1 rings (SSSR count). The SMILES string of the molecule is CC(=O)Nc1ccc(CCC=CCCI)cc1. The molecule has 0 spiro atoms. The fourth-order valence-corrected chi connectivity index (χ4v) is 1.87. The third-order valence-corrected chi connectivity index (χ3v) is 2.94. The van der Waals surface area contributed by atoms with Crippen molar-refractivity contribution in [2.24, 2.45) is 0 Å².